The summed E-state index contributed by atoms with van der Waals surface area (Å²) >= 11 is 2.53. The second-order valence-electron chi connectivity index (χ2n) is 7.41. The van der Waals surface area contributed by atoms with Gasteiger partial charge < -0.3 is 0 Å². The van der Waals surface area contributed by atoms with E-state index in [0.29, 0.717) is 21.1 Å². The van der Waals surface area contributed by atoms with Crippen LogP contribution in [-0.4, -0.2) is 27.0 Å². The zero-order chi connectivity index (χ0) is 22.0. The van der Waals surface area contributed by atoms with E-state index in [1.165, 1.54) is 10.7 Å². The van der Waals surface area contributed by atoms with Crippen LogP contribution in [0.25, 0.3) is 10.9 Å². The van der Waals surface area contributed by atoms with Crippen molar-refractivity contribution in [1.82, 2.24) is 9.97 Å². The number of hydrogen-bond donors (Lipinski definition) is 1. The molecule has 0 unspecified atom stereocenters. The average molecular weight is 562 g/mol. The van der Waals surface area contributed by atoms with Crippen molar-refractivity contribution in [2.75, 3.05) is 0 Å². The summed E-state index contributed by atoms with van der Waals surface area (Å²) in [6, 6.07) is 37.1. The average Bonchev–Trinajstić information content (AvgIpc) is 2.84. The second kappa shape index (κ2) is 9.14. The van der Waals surface area contributed by atoms with Gasteiger partial charge in [0.15, 0.2) is 0 Å². The predicted molar refractivity (Wildman–Crippen MR) is 137 cm³/mol. The standard InChI is InChI=1S/C8H5ClN2OS.3C6H5.Sn/c9-4-1-2-5-6(3-4)10-8(13)11-7(5)12;3*1-2-4-6-5-3-1;/h1-3H,(H2,10,11,12,13);3*1-5H;/q;;;;+1/p-1. The molecule has 32 heavy (non-hydrogen) atoms. The summed E-state index contributed by atoms with van der Waals surface area (Å²) in [5, 5.41) is 1.73. The van der Waals surface area contributed by atoms with Gasteiger partial charge in [-0.25, -0.2) is 0 Å². The number of benzene rings is 4. The Balaban J connectivity index is 1.79. The molecular formula is C26H19ClN2OSSn. The maximum absolute atomic E-state index is 12.9. The molecule has 3 nitrogen and oxygen atoms in total. The summed E-state index contributed by atoms with van der Waals surface area (Å²) in [7, 11) is 1.73. The van der Waals surface area contributed by atoms with Crippen molar-refractivity contribution < 1.29 is 0 Å². The quantitative estimate of drug-likeness (QED) is 0.257. The third kappa shape index (κ3) is 3.98. The van der Waals surface area contributed by atoms with Crippen LogP contribution in [0.1, 0.15) is 0 Å². The number of rotatable bonds is 5. The van der Waals surface area contributed by atoms with Crippen LogP contribution in [0.15, 0.2) is 119 Å². The molecule has 0 aliphatic carbocycles. The number of halogens is 1. The minimum absolute atomic E-state index is 0.150. The summed E-state index contributed by atoms with van der Waals surface area (Å²) in [4.78, 5) is 20.8. The van der Waals surface area contributed by atoms with Gasteiger partial charge in [0.25, 0.3) is 0 Å². The summed E-state index contributed by atoms with van der Waals surface area (Å²) in [6.07, 6.45) is 0. The van der Waals surface area contributed by atoms with E-state index in [9.17, 15) is 4.79 Å². The fourth-order valence-electron chi connectivity index (χ4n) is 3.98. The Morgan fingerprint density at radius 2 is 1.22 bits per heavy atom. The van der Waals surface area contributed by atoms with E-state index in [-0.39, 0.29) is 5.56 Å². The first-order valence-electron chi connectivity index (χ1n) is 10.2. The molecule has 0 radical (unpaired) electrons. The number of fused-ring (bicyclic) bond motifs is 1. The Kier molecular flexibility index (Phi) is 6.09. The molecule has 0 saturated heterocycles. The van der Waals surface area contributed by atoms with Crippen LogP contribution in [0, 0.1) is 0 Å². The molecule has 1 aromatic heterocycles. The third-order valence-corrected chi connectivity index (χ3v) is 25.2. The molecule has 0 bridgehead atoms. The zero-order valence-corrected chi connectivity index (χ0v) is 21.5. The Hall–Kier alpha value is -2.54. The maximum atomic E-state index is 12.9. The molecule has 0 amide bonds. The van der Waals surface area contributed by atoms with Gasteiger partial charge in [0.2, 0.25) is 0 Å². The van der Waals surface area contributed by atoms with E-state index in [1.807, 2.05) is 18.2 Å². The first kappa shape index (κ1) is 21.3. The normalized spacial score (nSPS) is 11.5. The topological polar surface area (TPSA) is 45.8 Å². The first-order chi connectivity index (χ1) is 15.7. The van der Waals surface area contributed by atoms with Gasteiger partial charge in [0.1, 0.15) is 0 Å². The molecule has 156 valence electrons. The number of hydrogen-bond acceptors (Lipinski definition) is 3. The van der Waals surface area contributed by atoms with Crippen molar-refractivity contribution in [2.24, 2.45) is 0 Å². The van der Waals surface area contributed by atoms with Gasteiger partial charge in [-0.15, -0.1) is 0 Å². The van der Waals surface area contributed by atoms with Gasteiger partial charge in [0, 0.05) is 0 Å². The van der Waals surface area contributed by atoms with E-state index < -0.39 is 17.0 Å². The van der Waals surface area contributed by atoms with Crippen molar-refractivity contribution in [1.29, 1.82) is 0 Å². The molecule has 1 heterocycles. The minimum atomic E-state index is -3.67. The molecular weight excluding hydrogens is 543 g/mol. The van der Waals surface area contributed by atoms with E-state index in [0.717, 1.165) is 0 Å². The fraction of sp³-hybridized carbons (Fsp3) is 0. The number of aromatic nitrogens is 2. The second-order valence-corrected chi connectivity index (χ2v) is 23.1. The molecule has 4 aromatic carbocycles. The zero-order valence-electron chi connectivity index (χ0n) is 17.0. The molecule has 0 fully saturated rings. The van der Waals surface area contributed by atoms with Crippen molar-refractivity contribution in [3.8, 4) is 0 Å². The van der Waals surface area contributed by atoms with Crippen molar-refractivity contribution in [3.05, 3.63) is 125 Å². The van der Waals surface area contributed by atoms with E-state index >= 15 is 0 Å². The molecule has 1 N–H and O–H groups in total. The van der Waals surface area contributed by atoms with Gasteiger partial charge in [-0.1, -0.05) is 0 Å². The van der Waals surface area contributed by atoms with Crippen LogP contribution in [0.3, 0.4) is 0 Å². The number of H-pyrrole nitrogens is 1. The van der Waals surface area contributed by atoms with Crippen LogP contribution in [0.4, 0.5) is 0 Å². The van der Waals surface area contributed by atoms with Crippen LogP contribution < -0.4 is 16.3 Å². The SMILES string of the molecule is O=c1[nH]c([S][Sn]([c]2ccccc2)([c]2ccccc2)[c]2ccccc2)nc2cc(Cl)ccc12. The van der Waals surface area contributed by atoms with E-state index in [4.69, 9.17) is 16.6 Å². The Labute approximate surface area is 197 Å². The fourth-order valence-corrected chi connectivity index (χ4v) is 22.7. The van der Waals surface area contributed by atoms with Crippen molar-refractivity contribution in [2.45, 2.75) is 5.16 Å². The third-order valence-electron chi connectivity index (χ3n) is 5.44. The molecule has 0 aliphatic rings. The van der Waals surface area contributed by atoms with Gasteiger partial charge in [-0.3, -0.25) is 0 Å². The molecule has 5 aromatic rings. The van der Waals surface area contributed by atoms with Crippen LogP contribution in [0.2, 0.25) is 5.02 Å². The summed E-state index contributed by atoms with van der Waals surface area (Å²) in [5.41, 5.74) is 0.460. The first-order valence-corrected chi connectivity index (χ1v) is 19.2. The molecule has 6 heteroatoms. The number of nitrogens with zero attached hydrogens (tertiary/aromatic N) is 1. The molecule has 0 atom stereocenters. The summed E-state index contributed by atoms with van der Waals surface area (Å²) < 4.78 is 3.91. The Morgan fingerprint density at radius 1 is 0.719 bits per heavy atom. The van der Waals surface area contributed by atoms with Gasteiger partial charge in [0.05, 0.1) is 0 Å². The Bertz CT molecular complexity index is 1330. The van der Waals surface area contributed by atoms with E-state index in [1.54, 1.807) is 27.1 Å². The monoisotopic (exact) mass is 562 g/mol. The van der Waals surface area contributed by atoms with Gasteiger partial charge >= 0.3 is 199 Å². The van der Waals surface area contributed by atoms with E-state index in [2.05, 4.69) is 77.8 Å². The van der Waals surface area contributed by atoms with Gasteiger partial charge in [-0.05, 0) is 0 Å². The Morgan fingerprint density at radius 3 is 1.72 bits per heavy atom. The van der Waals surface area contributed by atoms with Crippen molar-refractivity contribution in [3.63, 3.8) is 0 Å². The molecule has 5 rings (SSSR count). The predicted octanol–water partition coefficient (Wildman–Crippen LogP) is 4.34. The summed E-state index contributed by atoms with van der Waals surface area (Å²) in [5.74, 6) is 0. The number of nitrogens with one attached hydrogen (secondary N) is 1. The van der Waals surface area contributed by atoms with Crippen molar-refractivity contribution >= 4 is 59.2 Å². The molecule has 0 spiro atoms. The van der Waals surface area contributed by atoms with Crippen LogP contribution in [-0.2, 0) is 0 Å². The van der Waals surface area contributed by atoms with Gasteiger partial charge in [-0.2, -0.15) is 0 Å². The van der Waals surface area contributed by atoms with Crippen LogP contribution >= 0.6 is 20.5 Å². The molecule has 0 aliphatic heterocycles. The molecule has 0 saturated carbocycles. The summed E-state index contributed by atoms with van der Waals surface area (Å²) in [6.45, 7) is 0. The van der Waals surface area contributed by atoms with Crippen LogP contribution in [0.5, 0.6) is 0 Å². The number of aromatic amines is 1.